The normalized spacial score (nSPS) is 17.4. The summed E-state index contributed by atoms with van der Waals surface area (Å²) in [5, 5.41) is 9.32. The van der Waals surface area contributed by atoms with Gasteiger partial charge in [0.1, 0.15) is 0 Å². The molecule has 7 heteroatoms. The van der Waals surface area contributed by atoms with E-state index in [1.165, 1.54) is 40.6 Å². The number of esters is 1. The van der Waals surface area contributed by atoms with Gasteiger partial charge in [0.15, 0.2) is 11.0 Å². The van der Waals surface area contributed by atoms with Gasteiger partial charge in [-0.1, -0.05) is 32.5 Å². The molecule has 0 bridgehead atoms. The van der Waals surface area contributed by atoms with Gasteiger partial charge < -0.3 is 9.30 Å². The lowest BCUT2D eigenvalue weighted by molar-refractivity contribution is -0.137. The van der Waals surface area contributed by atoms with E-state index >= 15 is 0 Å². The zero-order chi connectivity index (χ0) is 18.2. The molecule has 1 atom stereocenters. The summed E-state index contributed by atoms with van der Waals surface area (Å²) in [7, 11) is 3.34. The van der Waals surface area contributed by atoms with Gasteiger partial charge in [0.25, 0.3) is 0 Å². The summed E-state index contributed by atoms with van der Waals surface area (Å²) in [6.07, 6.45) is 3.57. The van der Waals surface area contributed by atoms with Gasteiger partial charge in [-0.3, -0.25) is 4.79 Å². The average molecular weight is 380 g/mol. The Morgan fingerprint density at radius 1 is 1.44 bits per heavy atom. The zero-order valence-electron chi connectivity index (χ0n) is 15.5. The molecule has 2 heterocycles. The molecule has 0 N–H and O–H groups in total. The highest BCUT2D eigenvalue weighted by molar-refractivity contribution is 7.99. The summed E-state index contributed by atoms with van der Waals surface area (Å²) in [5.74, 6) is 1.60. The fraction of sp³-hybridized carbons (Fsp3) is 0.611. The van der Waals surface area contributed by atoms with Crippen LogP contribution >= 0.6 is 23.1 Å². The number of fused-ring (bicyclic) bond motifs is 1. The van der Waals surface area contributed by atoms with E-state index in [1.54, 1.807) is 0 Å². The van der Waals surface area contributed by atoms with Gasteiger partial charge in [0.05, 0.1) is 17.7 Å². The van der Waals surface area contributed by atoms with Crippen molar-refractivity contribution in [2.75, 3.05) is 12.9 Å². The lowest BCUT2D eigenvalue weighted by Gasteiger charge is -2.33. The maximum atomic E-state index is 11.3. The number of thiophene rings is 1. The van der Waals surface area contributed by atoms with Gasteiger partial charge in [-0.15, -0.1) is 21.5 Å². The number of thioether (sulfide) groups is 1. The molecule has 3 rings (SSSR count). The van der Waals surface area contributed by atoms with Crippen LogP contribution in [0.15, 0.2) is 11.2 Å². The van der Waals surface area contributed by atoms with E-state index in [9.17, 15) is 4.79 Å². The molecule has 0 saturated carbocycles. The highest BCUT2D eigenvalue weighted by atomic mass is 32.2. The summed E-state index contributed by atoms with van der Waals surface area (Å²) in [6, 6.07) is 2.29. The highest BCUT2D eigenvalue weighted by Crippen LogP contribution is 2.42. The third kappa shape index (κ3) is 3.92. The third-order valence-corrected chi connectivity index (χ3v) is 7.14. The Morgan fingerprint density at radius 3 is 2.88 bits per heavy atom. The van der Waals surface area contributed by atoms with Crippen molar-refractivity contribution in [1.29, 1.82) is 0 Å². The second kappa shape index (κ2) is 7.11. The standard InChI is InChI=1S/C18H25N3O2S2/c1-18(2,3)12-6-7-13-11(8-12)9-14(25-13)16-19-20-17(21(16)4)24-10-15(22)23-5/h9,12H,6-8,10H2,1-5H3/t12-/m0/s1. The van der Waals surface area contributed by atoms with Gasteiger partial charge in [-0.25, -0.2) is 0 Å². The highest BCUT2D eigenvalue weighted by Gasteiger charge is 2.30. The molecular formula is C18H25N3O2S2. The summed E-state index contributed by atoms with van der Waals surface area (Å²) < 4.78 is 6.65. The molecule has 25 heavy (non-hydrogen) atoms. The van der Waals surface area contributed by atoms with Crippen LogP contribution in [-0.2, 0) is 29.4 Å². The van der Waals surface area contributed by atoms with Crippen molar-refractivity contribution in [3.63, 3.8) is 0 Å². The summed E-state index contributed by atoms with van der Waals surface area (Å²) in [6.45, 7) is 7.01. The molecule has 0 amide bonds. The van der Waals surface area contributed by atoms with E-state index in [1.807, 2.05) is 23.0 Å². The monoisotopic (exact) mass is 379 g/mol. The Morgan fingerprint density at radius 2 is 2.20 bits per heavy atom. The van der Waals surface area contributed by atoms with Gasteiger partial charge in [-0.05, 0) is 42.2 Å². The number of aryl methyl sites for hydroxylation is 1. The van der Waals surface area contributed by atoms with Crippen LogP contribution in [0.3, 0.4) is 0 Å². The number of hydrogen-bond donors (Lipinski definition) is 0. The molecular weight excluding hydrogens is 354 g/mol. The molecule has 0 aliphatic heterocycles. The van der Waals surface area contributed by atoms with Crippen LogP contribution < -0.4 is 0 Å². The number of ether oxygens (including phenoxy) is 1. The predicted molar refractivity (Wildman–Crippen MR) is 102 cm³/mol. The number of methoxy groups -OCH3 is 1. The van der Waals surface area contributed by atoms with Crippen LogP contribution in [-0.4, -0.2) is 33.6 Å². The summed E-state index contributed by atoms with van der Waals surface area (Å²) >= 11 is 3.19. The molecule has 1 aliphatic carbocycles. The van der Waals surface area contributed by atoms with Crippen molar-refractivity contribution in [2.24, 2.45) is 18.4 Å². The first-order valence-corrected chi connectivity index (χ1v) is 10.3. The Labute approximate surface area is 157 Å². The summed E-state index contributed by atoms with van der Waals surface area (Å²) in [5.41, 5.74) is 1.82. The molecule has 2 aromatic rings. The minimum atomic E-state index is -0.255. The van der Waals surface area contributed by atoms with Crippen LogP contribution in [0, 0.1) is 11.3 Å². The Kier molecular flexibility index (Phi) is 5.25. The lowest BCUT2D eigenvalue weighted by atomic mass is 9.72. The smallest absolute Gasteiger partial charge is 0.316 e. The van der Waals surface area contributed by atoms with E-state index in [0.717, 1.165) is 29.7 Å². The van der Waals surface area contributed by atoms with Crippen LogP contribution in [0.25, 0.3) is 10.7 Å². The molecule has 5 nitrogen and oxygen atoms in total. The minimum absolute atomic E-state index is 0.247. The number of carbonyl (C=O) groups excluding carboxylic acids is 1. The Bertz CT molecular complexity index is 774. The number of carbonyl (C=O) groups is 1. The largest absolute Gasteiger partial charge is 0.468 e. The maximum Gasteiger partial charge on any atom is 0.316 e. The molecule has 2 aromatic heterocycles. The van der Waals surface area contributed by atoms with E-state index in [0.29, 0.717) is 5.41 Å². The van der Waals surface area contributed by atoms with Gasteiger partial charge in [0.2, 0.25) is 0 Å². The van der Waals surface area contributed by atoms with Crippen LogP contribution in [0.1, 0.15) is 37.6 Å². The average Bonchev–Trinajstić information content (AvgIpc) is 3.14. The summed E-state index contributed by atoms with van der Waals surface area (Å²) in [4.78, 5) is 14.0. The van der Waals surface area contributed by atoms with Crippen molar-refractivity contribution >= 4 is 29.1 Å². The minimum Gasteiger partial charge on any atom is -0.468 e. The van der Waals surface area contributed by atoms with Crippen molar-refractivity contribution in [1.82, 2.24) is 14.8 Å². The SMILES string of the molecule is COC(=O)CSc1nnc(-c2cc3c(s2)CC[C@H](C(C)(C)C)C3)n1C. The fourth-order valence-corrected chi connectivity index (χ4v) is 5.18. The molecule has 0 aromatic carbocycles. The van der Waals surface area contributed by atoms with Crippen molar-refractivity contribution in [2.45, 2.75) is 45.2 Å². The first kappa shape index (κ1) is 18.5. The van der Waals surface area contributed by atoms with E-state index in [4.69, 9.17) is 0 Å². The quantitative estimate of drug-likeness (QED) is 0.594. The number of nitrogens with zero attached hydrogens (tertiary/aromatic N) is 3. The molecule has 0 fully saturated rings. The lowest BCUT2D eigenvalue weighted by Crippen LogP contribution is -2.26. The molecule has 136 valence electrons. The molecule has 0 unspecified atom stereocenters. The van der Waals surface area contributed by atoms with Crippen molar-refractivity contribution in [3.05, 3.63) is 16.5 Å². The second-order valence-electron chi connectivity index (χ2n) is 7.59. The second-order valence-corrected chi connectivity index (χ2v) is 9.67. The van der Waals surface area contributed by atoms with Gasteiger partial charge in [-0.2, -0.15) is 0 Å². The number of aromatic nitrogens is 3. The topological polar surface area (TPSA) is 57.0 Å². The first-order chi connectivity index (χ1) is 11.8. The molecule has 0 radical (unpaired) electrons. The van der Waals surface area contributed by atoms with E-state index < -0.39 is 0 Å². The van der Waals surface area contributed by atoms with Crippen molar-refractivity contribution < 1.29 is 9.53 Å². The van der Waals surface area contributed by atoms with Gasteiger partial charge in [0, 0.05) is 11.9 Å². The van der Waals surface area contributed by atoms with Crippen LogP contribution in [0.4, 0.5) is 0 Å². The molecule has 0 saturated heterocycles. The maximum absolute atomic E-state index is 11.3. The number of rotatable bonds is 4. The molecule has 1 aliphatic rings. The Hall–Kier alpha value is -1.34. The predicted octanol–water partition coefficient (Wildman–Crippen LogP) is 3.96. The van der Waals surface area contributed by atoms with Crippen molar-refractivity contribution in [3.8, 4) is 10.7 Å². The third-order valence-electron chi connectivity index (χ3n) is 4.91. The van der Waals surface area contributed by atoms with E-state index in [2.05, 4.69) is 41.8 Å². The van der Waals surface area contributed by atoms with Crippen LogP contribution in [0.2, 0.25) is 0 Å². The van der Waals surface area contributed by atoms with Crippen LogP contribution in [0.5, 0.6) is 0 Å². The molecule has 0 spiro atoms. The van der Waals surface area contributed by atoms with Gasteiger partial charge >= 0.3 is 5.97 Å². The Balaban J connectivity index is 1.79. The van der Waals surface area contributed by atoms with E-state index in [-0.39, 0.29) is 11.7 Å². The first-order valence-electron chi connectivity index (χ1n) is 8.50. The fourth-order valence-electron chi connectivity index (χ4n) is 3.21. The zero-order valence-corrected chi connectivity index (χ0v) is 17.1. The number of hydrogen-bond acceptors (Lipinski definition) is 6.